The third kappa shape index (κ3) is 6.93. The Labute approximate surface area is 216 Å². The van der Waals surface area contributed by atoms with Gasteiger partial charge in [0, 0.05) is 43.1 Å². The second-order valence-corrected chi connectivity index (χ2v) is 10.8. The molecule has 1 saturated heterocycles. The van der Waals surface area contributed by atoms with E-state index < -0.39 is 28.2 Å². The van der Waals surface area contributed by atoms with Gasteiger partial charge >= 0.3 is 0 Å². The number of rotatable bonds is 9. The number of anilines is 2. The first kappa shape index (κ1) is 26.8. The highest BCUT2D eigenvalue weighted by Crippen LogP contribution is 2.28. The summed E-state index contributed by atoms with van der Waals surface area (Å²) in [5, 5.41) is 2.84. The van der Waals surface area contributed by atoms with Crippen LogP contribution in [0.25, 0.3) is 11.4 Å². The molecular formula is C23H23ClF3N5O4S. The number of benzene rings is 1. The average Bonchev–Trinajstić information content (AvgIpc) is 3.12. The number of alkyl halides is 2. The fourth-order valence-electron chi connectivity index (χ4n) is 3.87. The summed E-state index contributed by atoms with van der Waals surface area (Å²) in [7, 11) is -1.93. The number of halogens is 4. The predicted molar refractivity (Wildman–Crippen MR) is 133 cm³/mol. The Morgan fingerprint density at radius 2 is 1.92 bits per heavy atom. The summed E-state index contributed by atoms with van der Waals surface area (Å²) < 4.78 is 72.1. The zero-order chi connectivity index (χ0) is 26.9. The molecule has 1 aliphatic heterocycles. The summed E-state index contributed by atoms with van der Waals surface area (Å²) in [6.45, 7) is 0.315. The predicted octanol–water partition coefficient (Wildman–Crippen LogP) is 3.83. The Balaban J connectivity index is 1.45. The molecule has 2 aromatic heterocycles. The van der Waals surface area contributed by atoms with Crippen molar-refractivity contribution >= 4 is 38.9 Å². The molecule has 1 aliphatic rings. The van der Waals surface area contributed by atoms with Crippen LogP contribution in [-0.2, 0) is 17.1 Å². The van der Waals surface area contributed by atoms with Crippen LogP contribution in [0, 0.1) is 5.82 Å². The fourth-order valence-corrected chi connectivity index (χ4v) is 4.65. The number of aryl methyl sites for hydroxylation is 1. The fraction of sp³-hybridized carbons (Fsp3) is 0.304. The summed E-state index contributed by atoms with van der Waals surface area (Å²) in [6.07, 6.45) is 1.07. The molecule has 0 unspecified atom stereocenters. The molecule has 14 heteroatoms. The topological polar surface area (TPSA) is 106 Å². The lowest BCUT2D eigenvalue weighted by atomic mass is 10.1. The number of likely N-dealkylation sites (tertiary alicyclic amines) is 1. The van der Waals surface area contributed by atoms with E-state index in [4.69, 9.17) is 16.3 Å². The molecule has 0 bridgehead atoms. The molecule has 3 heterocycles. The van der Waals surface area contributed by atoms with Crippen molar-refractivity contribution in [3.63, 3.8) is 0 Å². The van der Waals surface area contributed by atoms with Gasteiger partial charge in [-0.2, -0.15) is 0 Å². The van der Waals surface area contributed by atoms with Crippen LogP contribution < -0.4 is 14.8 Å². The number of ether oxygens (including phenoxy) is 1. The molecular weight excluding hydrogens is 535 g/mol. The van der Waals surface area contributed by atoms with Gasteiger partial charge in [-0.3, -0.25) is 14.4 Å². The Morgan fingerprint density at radius 3 is 2.57 bits per heavy atom. The maximum atomic E-state index is 14.9. The van der Waals surface area contributed by atoms with Crippen molar-refractivity contribution < 1.29 is 31.1 Å². The number of hydrogen-bond acceptors (Lipinski definition) is 6. The quantitative estimate of drug-likeness (QED) is 0.414. The molecule has 0 aliphatic carbocycles. The Morgan fingerprint density at radius 1 is 1.22 bits per heavy atom. The van der Waals surface area contributed by atoms with Gasteiger partial charge < -0.3 is 14.6 Å². The Bertz CT molecular complexity index is 1430. The van der Waals surface area contributed by atoms with E-state index in [1.165, 1.54) is 46.1 Å². The van der Waals surface area contributed by atoms with Crippen LogP contribution in [0.1, 0.15) is 10.4 Å². The van der Waals surface area contributed by atoms with E-state index >= 15 is 0 Å². The molecule has 1 fully saturated rings. The summed E-state index contributed by atoms with van der Waals surface area (Å²) in [4.78, 5) is 18.5. The first-order valence-corrected chi connectivity index (χ1v) is 13.2. The number of hydrogen-bond donors (Lipinski definition) is 2. The van der Waals surface area contributed by atoms with Gasteiger partial charge in [-0.05, 0) is 24.3 Å². The highest BCUT2D eigenvalue weighted by Gasteiger charge is 2.30. The number of carbonyl (C=O) groups is 1. The summed E-state index contributed by atoms with van der Waals surface area (Å²) in [5.74, 6) is -1.04. The van der Waals surface area contributed by atoms with E-state index in [1.807, 2.05) is 0 Å². The normalized spacial score (nSPS) is 14.5. The van der Waals surface area contributed by atoms with Crippen LogP contribution in [0.15, 0.2) is 42.7 Å². The molecule has 4 rings (SSSR count). The van der Waals surface area contributed by atoms with E-state index in [1.54, 1.807) is 7.05 Å². The number of amides is 1. The molecule has 0 spiro atoms. The number of aromatic nitrogens is 2. The molecule has 9 nitrogen and oxygen atoms in total. The maximum Gasteiger partial charge on any atom is 0.257 e. The van der Waals surface area contributed by atoms with Crippen LogP contribution in [0.3, 0.4) is 0 Å². The third-order valence-corrected chi connectivity index (χ3v) is 6.23. The van der Waals surface area contributed by atoms with Crippen molar-refractivity contribution in [1.82, 2.24) is 14.5 Å². The summed E-state index contributed by atoms with van der Waals surface area (Å²) >= 11 is 6.04. The van der Waals surface area contributed by atoms with Crippen molar-refractivity contribution in [3.05, 3.63) is 59.1 Å². The standard InChI is InChI=1S/C23H23ClF3N5O4S/c1-31-9-13(23(33)29-15-4-14(24)5-16(6-15)30-37(2,34)35)3-20(31)22-19(25)7-17(8-28-22)36-18-10-32(11-18)12-21(26)27/h3-9,18,21,30H,10-12H2,1-2H3,(H,29,33). The van der Waals surface area contributed by atoms with Gasteiger partial charge in [-0.1, -0.05) is 11.6 Å². The number of nitrogens with one attached hydrogen (secondary N) is 2. The smallest absolute Gasteiger partial charge is 0.257 e. The SMILES string of the molecule is Cn1cc(C(=O)Nc2cc(Cl)cc(NS(C)(=O)=O)c2)cc1-c1ncc(OC2CN(CC(F)F)C2)cc1F. The molecule has 2 N–H and O–H groups in total. The summed E-state index contributed by atoms with van der Waals surface area (Å²) in [5.41, 5.74) is 0.945. The van der Waals surface area contributed by atoms with Crippen molar-refractivity contribution in [1.29, 1.82) is 0 Å². The Kier molecular flexibility index (Phi) is 7.67. The third-order valence-electron chi connectivity index (χ3n) is 5.41. The van der Waals surface area contributed by atoms with Crippen LogP contribution in [0.2, 0.25) is 5.02 Å². The maximum absolute atomic E-state index is 14.9. The lowest BCUT2D eigenvalue weighted by molar-refractivity contribution is -0.0167. The van der Waals surface area contributed by atoms with Crippen molar-refractivity contribution in [2.45, 2.75) is 12.5 Å². The average molecular weight is 558 g/mol. The van der Waals surface area contributed by atoms with Crippen LogP contribution in [-0.4, -0.2) is 67.2 Å². The number of sulfonamides is 1. The van der Waals surface area contributed by atoms with Crippen LogP contribution in [0.5, 0.6) is 5.75 Å². The molecule has 0 saturated carbocycles. The minimum atomic E-state index is -3.55. The van der Waals surface area contributed by atoms with E-state index in [9.17, 15) is 26.4 Å². The number of nitrogens with zero attached hydrogens (tertiary/aromatic N) is 3. The number of carbonyl (C=O) groups excluding carboxylic acids is 1. The Hall–Kier alpha value is -3.29. The van der Waals surface area contributed by atoms with Gasteiger partial charge in [-0.15, -0.1) is 0 Å². The zero-order valence-corrected chi connectivity index (χ0v) is 21.3. The van der Waals surface area contributed by atoms with Gasteiger partial charge in [0.05, 0.1) is 35.9 Å². The second kappa shape index (κ2) is 10.6. The van der Waals surface area contributed by atoms with Crippen LogP contribution >= 0.6 is 11.6 Å². The van der Waals surface area contributed by atoms with Crippen molar-refractivity contribution in [2.24, 2.45) is 7.05 Å². The van der Waals surface area contributed by atoms with Gasteiger partial charge in [0.1, 0.15) is 17.5 Å². The minimum Gasteiger partial charge on any atom is -0.486 e. The van der Waals surface area contributed by atoms with E-state index in [-0.39, 0.29) is 46.1 Å². The molecule has 1 amide bonds. The molecule has 3 aromatic rings. The number of pyridine rings is 1. The molecule has 0 atom stereocenters. The van der Waals surface area contributed by atoms with E-state index in [0.717, 1.165) is 12.3 Å². The van der Waals surface area contributed by atoms with E-state index in [2.05, 4.69) is 15.0 Å². The molecule has 37 heavy (non-hydrogen) atoms. The van der Waals surface area contributed by atoms with Gasteiger partial charge in [0.2, 0.25) is 10.0 Å². The first-order chi connectivity index (χ1) is 17.4. The largest absolute Gasteiger partial charge is 0.486 e. The minimum absolute atomic E-state index is 0.00997. The molecule has 0 radical (unpaired) electrons. The molecule has 198 valence electrons. The highest BCUT2D eigenvalue weighted by molar-refractivity contribution is 7.92. The second-order valence-electron chi connectivity index (χ2n) is 8.63. The lowest BCUT2D eigenvalue weighted by Crippen LogP contribution is -2.55. The van der Waals surface area contributed by atoms with Gasteiger partial charge in [0.25, 0.3) is 12.3 Å². The van der Waals surface area contributed by atoms with Gasteiger partial charge in [0.15, 0.2) is 5.82 Å². The first-order valence-electron chi connectivity index (χ1n) is 11.0. The monoisotopic (exact) mass is 557 g/mol. The van der Waals surface area contributed by atoms with Crippen molar-refractivity contribution in [3.8, 4) is 17.1 Å². The van der Waals surface area contributed by atoms with E-state index in [0.29, 0.717) is 18.8 Å². The van der Waals surface area contributed by atoms with Crippen molar-refractivity contribution in [2.75, 3.05) is 35.9 Å². The molecule has 1 aromatic carbocycles. The highest BCUT2D eigenvalue weighted by atomic mass is 35.5. The summed E-state index contributed by atoms with van der Waals surface area (Å²) in [6, 6.07) is 6.86. The van der Waals surface area contributed by atoms with Crippen LogP contribution in [0.4, 0.5) is 24.5 Å². The van der Waals surface area contributed by atoms with Gasteiger partial charge in [-0.25, -0.2) is 26.6 Å². The zero-order valence-electron chi connectivity index (χ0n) is 19.7. The lowest BCUT2D eigenvalue weighted by Gasteiger charge is -2.38.